The normalized spacial score (nSPS) is 11.7. The Labute approximate surface area is 161 Å². The summed E-state index contributed by atoms with van der Waals surface area (Å²) in [6.45, 7) is 2.68. The van der Waals surface area contributed by atoms with Crippen molar-refractivity contribution in [1.82, 2.24) is 15.5 Å². The molecule has 0 spiro atoms. The van der Waals surface area contributed by atoms with Crippen molar-refractivity contribution < 1.29 is 4.79 Å². The number of nitrogens with zero attached hydrogens (tertiary/aromatic N) is 2. The first kappa shape index (κ1) is 18.4. The number of anilines is 1. The minimum Gasteiger partial charge on any atom is -0.356 e. The van der Waals surface area contributed by atoms with E-state index in [0.29, 0.717) is 12.3 Å². The fourth-order valence-electron chi connectivity index (χ4n) is 2.35. The van der Waals surface area contributed by atoms with E-state index in [-0.39, 0.29) is 11.9 Å². The molecular formula is C19H20N4OS2. The molecule has 1 aromatic heterocycles. The van der Waals surface area contributed by atoms with Gasteiger partial charge in [-0.3, -0.25) is 4.79 Å². The molecule has 1 heterocycles. The predicted molar refractivity (Wildman–Crippen MR) is 107 cm³/mol. The number of carbonyl (C=O) groups excluding carboxylic acids is 1. The van der Waals surface area contributed by atoms with Gasteiger partial charge in [-0.1, -0.05) is 83.8 Å². The summed E-state index contributed by atoms with van der Waals surface area (Å²) in [4.78, 5) is 12.1. The number of aromatic nitrogens is 2. The average molecular weight is 385 g/mol. The zero-order chi connectivity index (χ0) is 18.2. The first-order valence-electron chi connectivity index (χ1n) is 8.29. The third kappa shape index (κ3) is 5.57. The summed E-state index contributed by atoms with van der Waals surface area (Å²) in [7, 11) is 0. The lowest BCUT2D eigenvalue weighted by Crippen LogP contribution is -2.28. The highest BCUT2D eigenvalue weighted by Crippen LogP contribution is 2.25. The van der Waals surface area contributed by atoms with E-state index in [1.54, 1.807) is 0 Å². The van der Waals surface area contributed by atoms with E-state index in [2.05, 4.69) is 33.0 Å². The molecule has 7 heteroatoms. The lowest BCUT2D eigenvalue weighted by Gasteiger charge is -2.13. The number of carbonyl (C=O) groups is 1. The number of rotatable bonds is 8. The standard InChI is InChI=1S/C19H20N4OS2/c1-14(16-10-6-3-7-11-16)21-17(24)13-25-19-23-22-18(26-19)20-12-15-8-4-2-5-9-15/h2-11,14H,12-13H2,1H3,(H,20,22)(H,21,24)/t14-/m1/s1. The van der Waals surface area contributed by atoms with E-state index in [1.807, 2.05) is 55.5 Å². The Hall–Kier alpha value is -2.38. The first-order valence-corrected chi connectivity index (χ1v) is 10.1. The molecule has 3 aromatic rings. The molecule has 5 nitrogen and oxygen atoms in total. The minimum absolute atomic E-state index is 0.0122. The van der Waals surface area contributed by atoms with Gasteiger partial charge in [0.2, 0.25) is 11.0 Å². The molecule has 0 aliphatic carbocycles. The summed E-state index contributed by atoms with van der Waals surface area (Å²) in [5.74, 6) is 0.310. The Morgan fingerprint density at radius 2 is 1.77 bits per heavy atom. The van der Waals surface area contributed by atoms with Crippen LogP contribution in [0.5, 0.6) is 0 Å². The highest BCUT2D eigenvalue weighted by molar-refractivity contribution is 8.01. The Kier molecular flexibility index (Phi) is 6.62. The summed E-state index contributed by atoms with van der Waals surface area (Å²) >= 11 is 2.86. The lowest BCUT2D eigenvalue weighted by molar-refractivity contribution is -0.119. The molecule has 0 saturated heterocycles. The summed E-state index contributed by atoms with van der Waals surface area (Å²) in [6.07, 6.45) is 0. The zero-order valence-electron chi connectivity index (χ0n) is 14.4. The van der Waals surface area contributed by atoms with Crippen LogP contribution in [-0.4, -0.2) is 21.9 Å². The third-order valence-corrected chi connectivity index (χ3v) is 5.71. The highest BCUT2D eigenvalue weighted by Gasteiger charge is 2.11. The molecule has 1 amide bonds. The quantitative estimate of drug-likeness (QED) is 0.572. The maximum Gasteiger partial charge on any atom is 0.230 e. The molecule has 0 aliphatic rings. The van der Waals surface area contributed by atoms with Crippen molar-refractivity contribution in [2.75, 3.05) is 11.1 Å². The second kappa shape index (κ2) is 9.35. The van der Waals surface area contributed by atoms with Gasteiger partial charge in [0, 0.05) is 6.54 Å². The second-order valence-corrected chi connectivity index (χ2v) is 7.90. The second-order valence-electron chi connectivity index (χ2n) is 5.70. The van der Waals surface area contributed by atoms with E-state index in [0.717, 1.165) is 15.0 Å². The van der Waals surface area contributed by atoms with Crippen molar-refractivity contribution in [3.05, 3.63) is 71.8 Å². The summed E-state index contributed by atoms with van der Waals surface area (Å²) in [5, 5.41) is 15.3. The van der Waals surface area contributed by atoms with Crippen LogP contribution in [0.1, 0.15) is 24.1 Å². The van der Waals surface area contributed by atoms with Gasteiger partial charge >= 0.3 is 0 Å². The Morgan fingerprint density at radius 1 is 1.08 bits per heavy atom. The number of nitrogens with one attached hydrogen (secondary N) is 2. The van der Waals surface area contributed by atoms with E-state index in [4.69, 9.17) is 0 Å². The van der Waals surface area contributed by atoms with Crippen molar-refractivity contribution in [3.63, 3.8) is 0 Å². The molecule has 0 bridgehead atoms. The molecule has 0 saturated carbocycles. The van der Waals surface area contributed by atoms with Crippen molar-refractivity contribution in [2.24, 2.45) is 0 Å². The number of amides is 1. The van der Waals surface area contributed by atoms with Crippen molar-refractivity contribution in [1.29, 1.82) is 0 Å². The molecule has 26 heavy (non-hydrogen) atoms. The largest absolute Gasteiger partial charge is 0.356 e. The average Bonchev–Trinajstić information content (AvgIpc) is 3.14. The zero-order valence-corrected chi connectivity index (χ0v) is 16.0. The number of benzene rings is 2. The van der Waals surface area contributed by atoms with Crippen LogP contribution in [-0.2, 0) is 11.3 Å². The Bertz CT molecular complexity index is 824. The van der Waals surface area contributed by atoms with Gasteiger partial charge in [-0.2, -0.15) is 0 Å². The molecule has 0 aliphatic heterocycles. The van der Waals surface area contributed by atoms with E-state index in [1.165, 1.54) is 28.7 Å². The number of hydrogen-bond acceptors (Lipinski definition) is 6. The van der Waals surface area contributed by atoms with Crippen LogP contribution in [0.3, 0.4) is 0 Å². The minimum atomic E-state index is -0.0136. The maximum atomic E-state index is 12.1. The van der Waals surface area contributed by atoms with Crippen LogP contribution in [0.25, 0.3) is 0 Å². The maximum absolute atomic E-state index is 12.1. The van der Waals surface area contributed by atoms with Gasteiger partial charge in [0.1, 0.15) is 0 Å². The molecule has 1 atom stereocenters. The smallest absolute Gasteiger partial charge is 0.230 e. The van der Waals surface area contributed by atoms with E-state index in [9.17, 15) is 4.79 Å². The van der Waals surface area contributed by atoms with Crippen molar-refractivity contribution in [2.45, 2.75) is 23.8 Å². The van der Waals surface area contributed by atoms with Crippen LogP contribution < -0.4 is 10.6 Å². The first-order chi connectivity index (χ1) is 12.7. The van der Waals surface area contributed by atoms with Gasteiger partial charge in [0.25, 0.3) is 0 Å². The molecule has 0 unspecified atom stereocenters. The number of hydrogen-bond donors (Lipinski definition) is 2. The van der Waals surface area contributed by atoms with Gasteiger partial charge < -0.3 is 10.6 Å². The van der Waals surface area contributed by atoms with Crippen LogP contribution in [0.4, 0.5) is 5.13 Å². The fraction of sp³-hybridized carbons (Fsp3) is 0.211. The van der Waals surface area contributed by atoms with Gasteiger partial charge in [-0.25, -0.2) is 0 Å². The van der Waals surface area contributed by atoms with Gasteiger partial charge in [0.05, 0.1) is 11.8 Å². The van der Waals surface area contributed by atoms with Gasteiger partial charge in [-0.05, 0) is 18.1 Å². The molecule has 134 valence electrons. The van der Waals surface area contributed by atoms with Crippen LogP contribution in [0, 0.1) is 0 Å². The summed E-state index contributed by atoms with van der Waals surface area (Å²) in [6, 6.07) is 20.0. The SMILES string of the molecule is C[C@@H](NC(=O)CSc1nnc(NCc2ccccc2)s1)c1ccccc1. The van der Waals surface area contributed by atoms with E-state index >= 15 is 0 Å². The molecule has 2 N–H and O–H groups in total. The van der Waals surface area contributed by atoms with Crippen LogP contribution in [0.15, 0.2) is 65.0 Å². The van der Waals surface area contributed by atoms with Gasteiger partial charge in [0.15, 0.2) is 4.34 Å². The lowest BCUT2D eigenvalue weighted by atomic mass is 10.1. The van der Waals surface area contributed by atoms with Crippen LogP contribution in [0.2, 0.25) is 0 Å². The summed E-state index contributed by atoms with van der Waals surface area (Å²) in [5.41, 5.74) is 2.28. The van der Waals surface area contributed by atoms with Crippen molar-refractivity contribution in [3.8, 4) is 0 Å². The third-order valence-electron chi connectivity index (χ3n) is 3.70. The predicted octanol–water partition coefficient (Wildman–Crippen LogP) is 4.12. The topological polar surface area (TPSA) is 66.9 Å². The number of thioether (sulfide) groups is 1. The van der Waals surface area contributed by atoms with Gasteiger partial charge in [-0.15, -0.1) is 10.2 Å². The molecular weight excluding hydrogens is 364 g/mol. The Balaban J connectivity index is 1.43. The summed E-state index contributed by atoms with van der Waals surface area (Å²) < 4.78 is 0.781. The highest BCUT2D eigenvalue weighted by atomic mass is 32.2. The molecule has 0 radical (unpaired) electrons. The fourth-order valence-corrected chi connectivity index (χ4v) is 3.91. The molecule has 2 aromatic carbocycles. The Morgan fingerprint density at radius 3 is 2.50 bits per heavy atom. The monoisotopic (exact) mass is 384 g/mol. The molecule has 0 fully saturated rings. The van der Waals surface area contributed by atoms with Crippen molar-refractivity contribution >= 4 is 34.1 Å². The molecule has 3 rings (SSSR count). The van der Waals surface area contributed by atoms with E-state index < -0.39 is 0 Å². The van der Waals surface area contributed by atoms with Crippen LogP contribution >= 0.6 is 23.1 Å².